The zero-order valence-electron chi connectivity index (χ0n) is 22.3. The molecule has 2 N–H and O–H groups in total. The number of urea groups is 1. The van der Waals surface area contributed by atoms with E-state index in [2.05, 4.69) is 34.4 Å². The lowest BCUT2D eigenvalue weighted by Gasteiger charge is -2.39. The standard InChI is InChI=1S/C27H29F3N6O4S/c1-18(2)20-5-3-19(4-6-20)15-32-25(37)23-16-35(26(38)34-24-11-12-31-17-33-24)13-14-36(23)41(39,40)22-9-7-21(8-10-22)27(28,29)30/h3-12,17-18,23H,13-16H2,1-2H3,(H,32,37)(H,31,33,34,38)/t23-/m1/s1. The van der Waals surface area contributed by atoms with Crippen LogP contribution >= 0.6 is 0 Å². The van der Waals surface area contributed by atoms with Crippen LogP contribution in [-0.4, -0.2) is 65.2 Å². The van der Waals surface area contributed by atoms with Gasteiger partial charge < -0.3 is 10.2 Å². The highest BCUT2D eigenvalue weighted by atomic mass is 32.2. The molecule has 2 heterocycles. The maximum absolute atomic E-state index is 13.5. The lowest BCUT2D eigenvalue weighted by molar-refractivity contribution is -0.137. The first-order valence-electron chi connectivity index (χ1n) is 12.7. The summed E-state index contributed by atoms with van der Waals surface area (Å²) in [7, 11) is -4.40. The smallest absolute Gasteiger partial charge is 0.351 e. The molecule has 14 heteroatoms. The Hall–Kier alpha value is -4.04. The van der Waals surface area contributed by atoms with Crippen molar-refractivity contribution in [1.29, 1.82) is 0 Å². The summed E-state index contributed by atoms with van der Waals surface area (Å²) in [6.07, 6.45) is -1.96. The van der Waals surface area contributed by atoms with E-state index < -0.39 is 44.6 Å². The maximum Gasteiger partial charge on any atom is 0.416 e. The molecule has 41 heavy (non-hydrogen) atoms. The van der Waals surface area contributed by atoms with Crippen molar-refractivity contribution in [2.75, 3.05) is 25.0 Å². The predicted molar refractivity (Wildman–Crippen MR) is 144 cm³/mol. The van der Waals surface area contributed by atoms with E-state index in [4.69, 9.17) is 0 Å². The van der Waals surface area contributed by atoms with Crippen LogP contribution in [0.1, 0.15) is 36.5 Å². The Kier molecular flexibility index (Phi) is 8.92. The van der Waals surface area contributed by atoms with Crippen molar-refractivity contribution in [3.8, 4) is 0 Å². The third kappa shape index (κ3) is 7.19. The van der Waals surface area contributed by atoms with E-state index in [1.165, 1.54) is 23.5 Å². The third-order valence-electron chi connectivity index (χ3n) is 6.64. The number of carbonyl (C=O) groups is 2. The highest BCUT2D eigenvalue weighted by molar-refractivity contribution is 7.89. The molecular formula is C27H29F3N6O4S. The first-order valence-corrected chi connectivity index (χ1v) is 14.2. The number of hydrogen-bond acceptors (Lipinski definition) is 6. The lowest BCUT2D eigenvalue weighted by Crippen LogP contribution is -2.61. The summed E-state index contributed by atoms with van der Waals surface area (Å²) in [5.41, 5.74) is 0.904. The van der Waals surface area contributed by atoms with Gasteiger partial charge in [-0.1, -0.05) is 38.1 Å². The molecule has 1 aliphatic heterocycles. The normalized spacial score (nSPS) is 16.4. The lowest BCUT2D eigenvalue weighted by atomic mass is 10.0. The Labute approximate surface area is 235 Å². The van der Waals surface area contributed by atoms with E-state index in [1.54, 1.807) is 0 Å². The van der Waals surface area contributed by atoms with E-state index in [9.17, 15) is 31.2 Å². The van der Waals surface area contributed by atoms with E-state index in [0.717, 1.165) is 27.6 Å². The van der Waals surface area contributed by atoms with Crippen molar-refractivity contribution in [2.45, 2.75) is 43.4 Å². The summed E-state index contributed by atoms with van der Waals surface area (Å²) in [4.78, 5) is 34.9. The Morgan fingerprint density at radius 1 is 1.02 bits per heavy atom. The summed E-state index contributed by atoms with van der Waals surface area (Å²) >= 11 is 0. The van der Waals surface area contributed by atoms with Crippen LogP contribution in [0.2, 0.25) is 0 Å². The molecule has 4 rings (SSSR count). The molecule has 0 spiro atoms. The molecule has 218 valence electrons. The Bertz CT molecular complexity index is 1470. The number of sulfonamides is 1. The number of nitrogens with zero attached hydrogens (tertiary/aromatic N) is 4. The monoisotopic (exact) mass is 590 g/mol. The first-order chi connectivity index (χ1) is 19.4. The molecule has 10 nitrogen and oxygen atoms in total. The minimum atomic E-state index is -4.64. The molecule has 1 fully saturated rings. The minimum Gasteiger partial charge on any atom is -0.351 e. The highest BCUT2D eigenvalue weighted by Gasteiger charge is 2.42. The average molecular weight is 591 g/mol. The topological polar surface area (TPSA) is 125 Å². The molecule has 0 bridgehead atoms. The number of carbonyl (C=O) groups excluding carboxylic acids is 2. The van der Waals surface area contributed by atoms with Crippen molar-refractivity contribution in [3.05, 3.63) is 83.8 Å². The molecule has 3 amide bonds. The molecule has 3 aromatic rings. The van der Waals surface area contributed by atoms with Crippen molar-refractivity contribution in [1.82, 2.24) is 24.5 Å². The van der Waals surface area contributed by atoms with E-state index in [1.807, 2.05) is 24.3 Å². The number of amides is 3. The minimum absolute atomic E-state index is 0.0722. The van der Waals surface area contributed by atoms with Crippen LogP contribution in [0.15, 0.2) is 72.0 Å². The second-order valence-corrected chi connectivity index (χ2v) is 11.6. The molecular weight excluding hydrogens is 561 g/mol. The fourth-order valence-corrected chi connectivity index (χ4v) is 5.85. The SMILES string of the molecule is CC(C)c1ccc(CNC(=O)[C@H]2CN(C(=O)Nc3ccncn3)CCN2S(=O)(=O)c2ccc(C(F)(F)F)cc2)cc1. The Morgan fingerprint density at radius 2 is 1.71 bits per heavy atom. The average Bonchev–Trinajstić information content (AvgIpc) is 2.96. The fraction of sp³-hybridized carbons (Fsp3) is 0.333. The van der Waals surface area contributed by atoms with Crippen molar-refractivity contribution < 1.29 is 31.2 Å². The van der Waals surface area contributed by atoms with Gasteiger partial charge in [-0.25, -0.2) is 23.2 Å². The van der Waals surface area contributed by atoms with Gasteiger partial charge in [0.15, 0.2) is 0 Å². The van der Waals surface area contributed by atoms with Gasteiger partial charge >= 0.3 is 12.2 Å². The largest absolute Gasteiger partial charge is 0.416 e. The number of piperazine rings is 1. The van der Waals surface area contributed by atoms with E-state index >= 15 is 0 Å². The van der Waals surface area contributed by atoms with Crippen molar-refractivity contribution >= 4 is 27.8 Å². The van der Waals surface area contributed by atoms with Crippen LogP contribution < -0.4 is 10.6 Å². The molecule has 1 aliphatic rings. The summed E-state index contributed by atoms with van der Waals surface area (Å²) < 4.78 is 67.1. The zero-order valence-corrected chi connectivity index (χ0v) is 23.1. The summed E-state index contributed by atoms with van der Waals surface area (Å²) in [6.45, 7) is 3.58. The van der Waals surface area contributed by atoms with Gasteiger partial charge in [0.1, 0.15) is 18.2 Å². The van der Waals surface area contributed by atoms with E-state index in [-0.39, 0.29) is 32.0 Å². The number of hydrogen-bond donors (Lipinski definition) is 2. The van der Waals surface area contributed by atoms with Gasteiger partial charge in [0.05, 0.1) is 10.5 Å². The number of aromatic nitrogens is 2. The van der Waals surface area contributed by atoms with Crippen molar-refractivity contribution in [2.24, 2.45) is 0 Å². The van der Waals surface area contributed by atoms with E-state index in [0.29, 0.717) is 18.1 Å². The molecule has 0 radical (unpaired) electrons. The molecule has 2 aromatic carbocycles. The number of rotatable bonds is 7. The quantitative estimate of drug-likeness (QED) is 0.431. The van der Waals surface area contributed by atoms with Crippen molar-refractivity contribution in [3.63, 3.8) is 0 Å². The highest BCUT2D eigenvalue weighted by Crippen LogP contribution is 2.31. The summed E-state index contributed by atoms with van der Waals surface area (Å²) in [5, 5.41) is 5.31. The van der Waals surface area contributed by atoms with Gasteiger partial charge in [-0.3, -0.25) is 10.1 Å². The molecule has 1 atom stereocenters. The molecule has 0 saturated carbocycles. The molecule has 1 aromatic heterocycles. The molecule has 0 aliphatic carbocycles. The van der Waals surface area contributed by atoms with Crippen LogP contribution in [0.25, 0.3) is 0 Å². The van der Waals surface area contributed by atoms with Crippen LogP contribution in [-0.2, 0) is 27.5 Å². The number of anilines is 1. The second kappa shape index (κ2) is 12.2. The summed E-state index contributed by atoms with van der Waals surface area (Å²) in [5.74, 6) is -0.118. The summed E-state index contributed by atoms with van der Waals surface area (Å²) in [6, 6.07) is 10.2. The van der Waals surface area contributed by atoms with Gasteiger partial charge in [0, 0.05) is 32.4 Å². The number of alkyl halides is 3. The van der Waals surface area contributed by atoms with Gasteiger partial charge in [-0.2, -0.15) is 17.5 Å². The van der Waals surface area contributed by atoms with Crippen LogP contribution in [0.5, 0.6) is 0 Å². The number of nitrogens with one attached hydrogen (secondary N) is 2. The van der Waals surface area contributed by atoms with Gasteiger partial charge in [0.2, 0.25) is 15.9 Å². The Balaban J connectivity index is 1.56. The van der Waals surface area contributed by atoms with Gasteiger partial charge in [0.25, 0.3) is 0 Å². The number of halogens is 3. The van der Waals surface area contributed by atoms with Gasteiger partial charge in [-0.15, -0.1) is 0 Å². The molecule has 1 saturated heterocycles. The van der Waals surface area contributed by atoms with Crippen LogP contribution in [0.3, 0.4) is 0 Å². The zero-order chi connectivity index (χ0) is 29.8. The van der Waals surface area contributed by atoms with Crippen LogP contribution in [0.4, 0.5) is 23.8 Å². The predicted octanol–water partition coefficient (Wildman–Crippen LogP) is 3.84. The second-order valence-electron chi connectivity index (χ2n) is 9.74. The molecule has 0 unspecified atom stereocenters. The third-order valence-corrected chi connectivity index (χ3v) is 8.56. The first kappa shape index (κ1) is 29.9. The Morgan fingerprint density at radius 3 is 2.29 bits per heavy atom. The van der Waals surface area contributed by atoms with Crippen LogP contribution in [0, 0.1) is 0 Å². The van der Waals surface area contributed by atoms with Gasteiger partial charge in [-0.05, 0) is 47.4 Å². The number of benzene rings is 2. The fourth-order valence-electron chi connectivity index (χ4n) is 4.28. The maximum atomic E-state index is 13.5.